The van der Waals surface area contributed by atoms with Gasteiger partial charge in [-0.15, -0.1) is 0 Å². The summed E-state index contributed by atoms with van der Waals surface area (Å²) in [5.74, 6) is 3.12. The van der Waals surface area contributed by atoms with Crippen molar-refractivity contribution in [2.24, 2.45) is 0 Å². The van der Waals surface area contributed by atoms with Gasteiger partial charge in [0.2, 0.25) is 0 Å². The van der Waals surface area contributed by atoms with Crippen LogP contribution in [0.1, 0.15) is 5.56 Å². The van der Waals surface area contributed by atoms with Crippen LogP contribution < -0.4 is 20.4 Å². The Balaban J connectivity index is 1.58. The molecule has 0 fully saturated rings. The SMILES string of the molecule is C=C/C=C1/B2c3ccc(-c4ccccc4)cc3Oc3cc(-c4ccccc4C)cc(c32)OC1=C. The van der Waals surface area contributed by atoms with Crippen LogP contribution in [-0.4, -0.2) is 6.71 Å². The third-order valence-electron chi connectivity index (χ3n) is 6.66. The van der Waals surface area contributed by atoms with Gasteiger partial charge in [0.1, 0.15) is 23.0 Å². The predicted molar refractivity (Wildman–Crippen MR) is 142 cm³/mol. The zero-order valence-corrected chi connectivity index (χ0v) is 19.0. The van der Waals surface area contributed by atoms with Gasteiger partial charge in [-0.25, -0.2) is 0 Å². The molecule has 2 aliphatic heterocycles. The van der Waals surface area contributed by atoms with Crippen molar-refractivity contribution in [2.45, 2.75) is 6.92 Å². The molecule has 2 heterocycles. The van der Waals surface area contributed by atoms with Crippen molar-refractivity contribution in [2.75, 3.05) is 0 Å². The number of ether oxygens (including phenoxy) is 2. The average Bonchev–Trinajstić information content (AvgIpc) is 2.86. The largest absolute Gasteiger partial charge is 0.459 e. The van der Waals surface area contributed by atoms with Gasteiger partial charge in [0.25, 0.3) is 6.71 Å². The van der Waals surface area contributed by atoms with Gasteiger partial charge in [0.05, 0.1) is 0 Å². The smallest absolute Gasteiger partial charge is 0.260 e. The fourth-order valence-electron chi connectivity index (χ4n) is 5.04. The summed E-state index contributed by atoms with van der Waals surface area (Å²) >= 11 is 0. The first kappa shape index (κ1) is 20.4. The van der Waals surface area contributed by atoms with Crippen molar-refractivity contribution in [3.05, 3.63) is 127 Å². The number of rotatable bonds is 3. The van der Waals surface area contributed by atoms with Gasteiger partial charge in [-0.1, -0.05) is 92.0 Å². The van der Waals surface area contributed by atoms with Crippen LogP contribution in [0.2, 0.25) is 0 Å². The van der Waals surface area contributed by atoms with E-state index in [1.807, 2.05) is 12.1 Å². The Morgan fingerprint density at radius 3 is 2.21 bits per heavy atom. The van der Waals surface area contributed by atoms with Crippen LogP contribution in [0.15, 0.2) is 121 Å². The van der Waals surface area contributed by atoms with E-state index in [0.717, 1.165) is 55.9 Å². The summed E-state index contributed by atoms with van der Waals surface area (Å²) in [7, 11) is 0. The molecular formula is C31H23BO2. The molecule has 0 atom stereocenters. The Labute approximate surface area is 200 Å². The molecule has 3 heteroatoms. The molecule has 2 nitrogen and oxygen atoms in total. The number of allylic oxidation sites excluding steroid dienone is 3. The summed E-state index contributed by atoms with van der Waals surface area (Å²) < 4.78 is 12.9. The molecule has 0 amide bonds. The first-order valence-electron chi connectivity index (χ1n) is 11.4. The first-order valence-corrected chi connectivity index (χ1v) is 11.4. The lowest BCUT2D eigenvalue weighted by atomic mass is 9.34. The minimum atomic E-state index is -0.0243. The molecule has 0 aromatic heterocycles. The number of fused-ring (bicyclic) bond motifs is 2. The van der Waals surface area contributed by atoms with E-state index in [0.29, 0.717) is 5.76 Å². The summed E-state index contributed by atoms with van der Waals surface area (Å²) in [4.78, 5) is 0. The molecule has 34 heavy (non-hydrogen) atoms. The quantitative estimate of drug-likeness (QED) is 0.336. The molecule has 0 spiro atoms. The van der Waals surface area contributed by atoms with Gasteiger partial charge in [0.15, 0.2) is 0 Å². The van der Waals surface area contributed by atoms with E-state index in [2.05, 4.69) is 98.9 Å². The number of hydrogen-bond acceptors (Lipinski definition) is 2. The molecule has 4 aromatic carbocycles. The van der Waals surface area contributed by atoms with Crippen molar-refractivity contribution < 1.29 is 9.47 Å². The topological polar surface area (TPSA) is 18.5 Å². The Morgan fingerprint density at radius 1 is 0.735 bits per heavy atom. The van der Waals surface area contributed by atoms with Crippen molar-refractivity contribution in [3.63, 3.8) is 0 Å². The summed E-state index contributed by atoms with van der Waals surface area (Å²) in [6.45, 7) is 10.3. The van der Waals surface area contributed by atoms with Gasteiger partial charge in [0, 0.05) is 5.46 Å². The van der Waals surface area contributed by atoms with Gasteiger partial charge >= 0.3 is 0 Å². The molecule has 162 valence electrons. The van der Waals surface area contributed by atoms with Crippen molar-refractivity contribution >= 4 is 17.6 Å². The molecule has 6 rings (SSSR count). The van der Waals surface area contributed by atoms with E-state index in [-0.39, 0.29) is 6.71 Å². The molecule has 0 bridgehead atoms. The van der Waals surface area contributed by atoms with Crippen LogP contribution in [0.5, 0.6) is 17.2 Å². The molecule has 0 unspecified atom stereocenters. The summed E-state index contributed by atoms with van der Waals surface area (Å²) in [5, 5.41) is 0. The molecule has 0 radical (unpaired) electrons. The number of hydrogen-bond donors (Lipinski definition) is 0. The lowest BCUT2D eigenvalue weighted by Gasteiger charge is -2.34. The van der Waals surface area contributed by atoms with E-state index in [1.54, 1.807) is 6.08 Å². The highest BCUT2D eigenvalue weighted by atomic mass is 16.5. The first-order chi connectivity index (χ1) is 16.6. The molecular weight excluding hydrogens is 415 g/mol. The Morgan fingerprint density at radius 2 is 1.44 bits per heavy atom. The highest BCUT2D eigenvalue weighted by Gasteiger charge is 2.41. The summed E-state index contributed by atoms with van der Waals surface area (Å²) in [6, 6.07) is 29.4. The van der Waals surface area contributed by atoms with Gasteiger partial charge in [-0.05, 0) is 63.9 Å². The Bertz CT molecular complexity index is 1500. The zero-order valence-electron chi connectivity index (χ0n) is 19.0. The molecule has 2 aliphatic rings. The number of benzene rings is 4. The van der Waals surface area contributed by atoms with Crippen molar-refractivity contribution in [1.29, 1.82) is 0 Å². The molecule has 0 saturated carbocycles. The maximum Gasteiger partial charge on any atom is 0.260 e. The van der Waals surface area contributed by atoms with Crippen LogP contribution in [-0.2, 0) is 0 Å². The second kappa shape index (κ2) is 7.96. The van der Waals surface area contributed by atoms with Gasteiger partial charge in [-0.3, -0.25) is 0 Å². The summed E-state index contributed by atoms with van der Waals surface area (Å²) in [5.41, 5.74) is 8.86. The second-order valence-electron chi connectivity index (χ2n) is 8.74. The molecule has 4 aromatic rings. The monoisotopic (exact) mass is 438 g/mol. The fourth-order valence-corrected chi connectivity index (χ4v) is 5.04. The van der Waals surface area contributed by atoms with Crippen LogP contribution in [0.25, 0.3) is 22.3 Å². The normalized spacial score (nSPS) is 14.7. The Kier molecular flexibility index (Phi) is 4.77. The van der Waals surface area contributed by atoms with E-state index in [9.17, 15) is 0 Å². The highest BCUT2D eigenvalue weighted by molar-refractivity contribution is 6.94. The van der Waals surface area contributed by atoms with Crippen LogP contribution in [0.4, 0.5) is 0 Å². The average molecular weight is 438 g/mol. The minimum absolute atomic E-state index is 0.0243. The fraction of sp³-hybridized carbons (Fsp3) is 0.0323. The summed E-state index contributed by atoms with van der Waals surface area (Å²) in [6.07, 6.45) is 3.79. The van der Waals surface area contributed by atoms with Crippen LogP contribution >= 0.6 is 0 Å². The number of aryl methyl sites for hydroxylation is 1. The molecule has 0 saturated heterocycles. The van der Waals surface area contributed by atoms with E-state index in [1.165, 1.54) is 5.56 Å². The molecule has 0 aliphatic carbocycles. The van der Waals surface area contributed by atoms with Crippen molar-refractivity contribution in [1.82, 2.24) is 0 Å². The van der Waals surface area contributed by atoms with Gasteiger partial charge < -0.3 is 9.47 Å². The van der Waals surface area contributed by atoms with E-state index in [4.69, 9.17) is 9.47 Å². The third-order valence-corrected chi connectivity index (χ3v) is 6.66. The van der Waals surface area contributed by atoms with Crippen LogP contribution in [0, 0.1) is 6.92 Å². The van der Waals surface area contributed by atoms with E-state index >= 15 is 0 Å². The minimum Gasteiger partial charge on any atom is -0.459 e. The zero-order chi connectivity index (χ0) is 23.2. The van der Waals surface area contributed by atoms with E-state index < -0.39 is 0 Å². The predicted octanol–water partition coefficient (Wildman–Crippen LogP) is 6.60. The second-order valence-corrected chi connectivity index (χ2v) is 8.74. The standard InChI is InChI=1S/C31H23BO2/c1-4-10-26-21(3)33-29-18-24(25-14-9-8-11-20(25)2)19-30-31(29)32(26)27-16-15-23(17-28(27)34-30)22-12-6-5-7-13-22/h4-19H,1,3H2,2H3/b26-10+. The maximum atomic E-state index is 6.59. The molecule has 0 N–H and O–H groups in total. The maximum absolute atomic E-state index is 6.59. The highest BCUT2D eigenvalue weighted by Crippen LogP contribution is 2.40. The lowest BCUT2D eigenvalue weighted by molar-refractivity contribution is 0.433. The lowest BCUT2D eigenvalue weighted by Crippen LogP contribution is -2.51. The van der Waals surface area contributed by atoms with Crippen molar-refractivity contribution in [3.8, 4) is 39.5 Å². The Hall–Kier alpha value is -4.24. The third kappa shape index (κ3) is 3.21. The van der Waals surface area contributed by atoms with Crippen LogP contribution in [0.3, 0.4) is 0 Å². The van der Waals surface area contributed by atoms with Gasteiger partial charge in [-0.2, -0.15) is 0 Å².